The Morgan fingerprint density at radius 1 is 1.12 bits per heavy atom. The largest absolute Gasteiger partial charge is 0.481 e. The van der Waals surface area contributed by atoms with Gasteiger partial charge in [0.05, 0.1) is 24.4 Å². The van der Waals surface area contributed by atoms with Crippen LogP contribution < -0.4 is 4.90 Å². The molecule has 0 spiro atoms. The van der Waals surface area contributed by atoms with Crippen LogP contribution in [-0.4, -0.2) is 55.4 Å². The van der Waals surface area contributed by atoms with Crippen molar-refractivity contribution < 1.29 is 9.90 Å². The van der Waals surface area contributed by atoms with Crippen molar-refractivity contribution in [3.8, 4) is 0 Å². The average Bonchev–Trinajstić information content (AvgIpc) is 3.30. The zero-order valence-corrected chi connectivity index (χ0v) is 14.8. The van der Waals surface area contributed by atoms with Crippen molar-refractivity contribution in [2.45, 2.75) is 45.3 Å². The topological polar surface area (TPSA) is 87.4 Å². The van der Waals surface area contributed by atoms with Crippen LogP contribution in [0.5, 0.6) is 0 Å². The van der Waals surface area contributed by atoms with Crippen LogP contribution in [-0.2, 0) is 30.8 Å². The molecule has 0 atom stereocenters. The summed E-state index contributed by atoms with van der Waals surface area (Å²) in [7, 11) is 0. The predicted octanol–water partition coefficient (Wildman–Crippen LogP) is 1.31. The standard InChI is InChI=1S/C18H24N6O2/c25-17(26)4-3-15-9-16-13-22(7-8-24(16)21-15)12-14-10-19-18(20-11-14)23-5-1-2-6-23/h9-11H,1-8,12-13H2,(H,25,26). The molecule has 0 aromatic carbocycles. The van der Waals surface area contributed by atoms with Crippen LogP contribution in [0.25, 0.3) is 0 Å². The van der Waals surface area contributed by atoms with Gasteiger partial charge in [-0.05, 0) is 18.9 Å². The number of rotatable bonds is 6. The number of carboxylic acid groups (broad SMARTS) is 1. The quantitative estimate of drug-likeness (QED) is 0.835. The van der Waals surface area contributed by atoms with E-state index in [0.717, 1.165) is 62.2 Å². The van der Waals surface area contributed by atoms with Crippen molar-refractivity contribution in [1.82, 2.24) is 24.6 Å². The van der Waals surface area contributed by atoms with Gasteiger partial charge in [-0.15, -0.1) is 0 Å². The van der Waals surface area contributed by atoms with E-state index in [-0.39, 0.29) is 6.42 Å². The monoisotopic (exact) mass is 356 g/mol. The molecule has 2 aromatic rings. The van der Waals surface area contributed by atoms with Gasteiger partial charge in [0, 0.05) is 57.1 Å². The maximum atomic E-state index is 10.7. The zero-order chi connectivity index (χ0) is 17.9. The Labute approximate surface area is 152 Å². The predicted molar refractivity (Wildman–Crippen MR) is 95.8 cm³/mol. The Hall–Kier alpha value is -2.48. The molecule has 0 radical (unpaired) electrons. The van der Waals surface area contributed by atoms with Crippen LogP contribution >= 0.6 is 0 Å². The van der Waals surface area contributed by atoms with Gasteiger partial charge in [0.15, 0.2) is 0 Å². The van der Waals surface area contributed by atoms with E-state index in [2.05, 4.69) is 24.9 Å². The number of hydrogen-bond donors (Lipinski definition) is 1. The lowest BCUT2D eigenvalue weighted by atomic mass is 10.2. The average molecular weight is 356 g/mol. The normalized spacial score (nSPS) is 17.5. The summed E-state index contributed by atoms with van der Waals surface area (Å²) in [5.74, 6) is 0.0565. The summed E-state index contributed by atoms with van der Waals surface area (Å²) >= 11 is 0. The zero-order valence-electron chi connectivity index (χ0n) is 14.8. The van der Waals surface area contributed by atoms with Crippen LogP contribution in [0.1, 0.15) is 36.2 Å². The molecule has 4 rings (SSSR count). The Morgan fingerprint density at radius 2 is 1.88 bits per heavy atom. The second-order valence-electron chi connectivity index (χ2n) is 7.04. The Kier molecular flexibility index (Phi) is 4.83. The van der Waals surface area contributed by atoms with Crippen molar-refractivity contribution in [2.75, 3.05) is 24.5 Å². The van der Waals surface area contributed by atoms with E-state index in [1.165, 1.54) is 12.8 Å². The second kappa shape index (κ2) is 7.41. The molecule has 8 heteroatoms. The summed E-state index contributed by atoms with van der Waals surface area (Å²) in [5.41, 5.74) is 3.13. The van der Waals surface area contributed by atoms with Gasteiger partial charge in [0.2, 0.25) is 5.95 Å². The van der Waals surface area contributed by atoms with E-state index >= 15 is 0 Å². The minimum Gasteiger partial charge on any atom is -0.481 e. The SMILES string of the molecule is O=C(O)CCc1cc2n(n1)CCN(Cc1cnc(N3CCCC3)nc1)C2. The van der Waals surface area contributed by atoms with Crippen LogP contribution in [0.3, 0.4) is 0 Å². The van der Waals surface area contributed by atoms with Gasteiger partial charge in [-0.2, -0.15) is 5.10 Å². The fraction of sp³-hybridized carbons (Fsp3) is 0.556. The molecule has 4 heterocycles. The first-order valence-corrected chi connectivity index (χ1v) is 9.23. The molecule has 1 fully saturated rings. The number of nitrogens with zero attached hydrogens (tertiary/aromatic N) is 6. The lowest BCUT2D eigenvalue weighted by Crippen LogP contribution is -2.33. The first-order chi connectivity index (χ1) is 12.7. The smallest absolute Gasteiger partial charge is 0.303 e. The highest BCUT2D eigenvalue weighted by Crippen LogP contribution is 2.18. The fourth-order valence-corrected chi connectivity index (χ4v) is 3.64. The molecule has 1 saturated heterocycles. The number of aromatic nitrogens is 4. The highest BCUT2D eigenvalue weighted by molar-refractivity contribution is 5.66. The highest BCUT2D eigenvalue weighted by Gasteiger charge is 2.19. The molecular formula is C18H24N6O2. The molecule has 0 aliphatic carbocycles. The summed E-state index contributed by atoms with van der Waals surface area (Å²) in [6.45, 7) is 5.49. The molecule has 0 saturated carbocycles. The van der Waals surface area contributed by atoms with Crippen molar-refractivity contribution in [1.29, 1.82) is 0 Å². The van der Waals surface area contributed by atoms with Gasteiger partial charge in [-0.25, -0.2) is 9.97 Å². The lowest BCUT2D eigenvalue weighted by Gasteiger charge is -2.27. The van der Waals surface area contributed by atoms with Gasteiger partial charge in [0.25, 0.3) is 0 Å². The van der Waals surface area contributed by atoms with Crippen LogP contribution in [0.15, 0.2) is 18.5 Å². The molecule has 2 aliphatic heterocycles. The third-order valence-corrected chi connectivity index (χ3v) is 5.01. The van der Waals surface area contributed by atoms with Crippen molar-refractivity contribution in [3.05, 3.63) is 35.4 Å². The summed E-state index contributed by atoms with van der Waals surface area (Å²) in [6, 6.07) is 2.03. The number of anilines is 1. The van der Waals surface area contributed by atoms with E-state index in [1.807, 2.05) is 23.1 Å². The molecule has 2 aliphatic rings. The molecule has 2 aromatic heterocycles. The van der Waals surface area contributed by atoms with Gasteiger partial charge >= 0.3 is 5.97 Å². The fourth-order valence-electron chi connectivity index (χ4n) is 3.64. The maximum absolute atomic E-state index is 10.7. The number of aryl methyl sites for hydroxylation is 1. The minimum atomic E-state index is -0.782. The van der Waals surface area contributed by atoms with Crippen LogP contribution in [0.4, 0.5) is 5.95 Å². The lowest BCUT2D eigenvalue weighted by molar-refractivity contribution is -0.136. The summed E-state index contributed by atoms with van der Waals surface area (Å²) in [6.07, 6.45) is 6.93. The second-order valence-corrected chi connectivity index (χ2v) is 7.04. The van der Waals surface area contributed by atoms with Crippen molar-refractivity contribution in [2.24, 2.45) is 0 Å². The minimum absolute atomic E-state index is 0.126. The maximum Gasteiger partial charge on any atom is 0.303 e. The number of carboxylic acids is 1. The van der Waals surface area contributed by atoms with Gasteiger partial charge in [0.1, 0.15) is 0 Å². The van der Waals surface area contributed by atoms with Gasteiger partial charge in [-0.3, -0.25) is 14.4 Å². The number of hydrogen-bond acceptors (Lipinski definition) is 6. The highest BCUT2D eigenvalue weighted by atomic mass is 16.4. The van der Waals surface area contributed by atoms with Crippen molar-refractivity contribution >= 4 is 11.9 Å². The van der Waals surface area contributed by atoms with Crippen molar-refractivity contribution in [3.63, 3.8) is 0 Å². The first kappa shape index (κ1) is 17.0. The van der Waals surface area contributed by atoms with E-state index in [9.17, 15) is 4.79 Å². The molecule has 0 amide bonds. The van der Waals surface area contributed by atoms with E-state index < -0.39 is 5.97 Å². The third-order valence-electron chi connectivity index (χ3n) is 5.01. The Balaban J connectivity index is 1.35. The molecule has 1 N–H and O–H groups in total. The summed E-state index contributed by atoms with van der Waals surface area (Å²) in [5, 5.41) is 13.3. The van der Waals surface area contributed by atoms with Crippen LogP contribution in [0, 0.1) is 0 Å². The summed E-state index contributed by atoms with van der Waals surface area (Å²) in [4.78, 5) is 24.4. The molecule has 138 valence electrons. The first-order valence-electron chi connectivity index (χ1n) is 9.23. The van der Waals surface area contributed by atoms with Gasteiger partial charge in [-0.1, -0.05) is 0 Å². The van der Waals surface area contributed by atoms with Gasteiger partial charge < -0.3 is 10.0 Å². The number of aliphatic carboxylic acids is 1. The molecular weight excluding hydrogens is 332 g/mol. The number of carbonyl (C=O) groups is 1. The molecule has 0 bridgehead atoms. The third kappa shape index (κ3) is 3.85. The summed E-state index contributed by atoms with van der Waals surface area (Å²) < 4.78 is 2.00. The molecule has 26 heavy (non-hydrogen) atoms. The van der Waals surface area contributed by atoms with E-state index in [0.29, 0.717) is 6.42 Å². The molecule has 0 unspecified atom stereocenters. The molecule has 8 nitrogen and oxygen atoms in total. The Bertz CT molecular complexity index is 766. The van der Waals surface area contributed by atoms with E-state index in [1.54, 1.807) is 0 Å². The Morgan fingerprint density at radius 3 is 2.62 bits per heavy atom. The van der Waals surface area contributed by atoms with E-state index in [4.69, 9.17) is 5.11 Å². The van der Waals surface area contributed by atoms with Crippen LogP contribution in [0.2, 0.25) is 0 Å². The number of fused-ring (bicyclic) bond motifs is 1.